The van der Waals surface area contributed by atoms with Crippen LogP contribution in [0.4, 0.5) is 0 Å². The minimum absolute atomic E-state index is 0.295. The number of nitrogens with zero attached hydrogens (tertiary/aromatic N) is 5. The Hall–Kier alpha value is -2.31. The molecule has 0 N–H and O–H groups in total. The van der Waals surface area contributed by atoms with Crippen molar-refractivity contribution in [3.8, 4) is 5.69 Å². The number of hydrogen-bond donors (Lipinski definition) is 1. The van der Waals surface area contributed by atoms with Crippen molar-refractivity contribution < 1.29 is 0 Å². The molecule has 4 aromatic rings. The quantitative estimate of drug-likeness (QED) is 0.579. The Labute approximate surface area is 143 Å². The van der Waals surface area contributed by atoms with Crippen LogP contribution in [0.5, 0.6) is 0 Å². The zero-order valence-electron chi connectivity index (χ0n) is 11.9. The average molecular weight is 342 g/mol. The summed E-state index contributed by atoms with van der Waals surface area (Å²) in [5.41, 5.74) is 2.59. The number of para-hydroxylation sites is 1. The van der Waals surface area contributed by atoms with E-state index >= 15 is 0 Å². The Balaban J connectivity index is 1.77. The van der Waals surface area contributed by atoms with Gasteiger partial charge in [-0.3, -0.25) is 4.57 Å². The molecule has 0 spiro atoms. The summed E-state index contributed by atoms with van der Waals surface area (Å²) in [7, 11) is 0. The summed E-state index contributed by atoms with van der Waals surface area (Å²) >= 11 is 10.7. The number of benzene rings is 1. The van der Waals surface area contributed by atoms with Crippen LogP contribution in [0.15, 0.2) is 61.2 Å². The van der Waals surface area contributed by atoms with Crippen molar-refractivity contribution in [3.05, 3.63) is 77.7 Å². The van der Waals surface area contributed by atoms with Gasteiger partial charge in [0, 0.05) is 18.1 Å². The van der Waals surface area contributed by atoms with Gasteiger partial charge in [0.2, 0.25) is 0 Å². The van der Waals surface area contributed by atoms with Gasteiger partial charge in [0.25, 0.3) is 0 Å². The number of pyridine rings is 1. The third kappa shape index (κ3) is 2.60. The first-order valence-corrected chi connectivity index (χ1v) is 7.89. The van der Waals surface area contributed by atoms with Gasteiger partial charge in [-0.25, -0.2) is 4.98 Å². The lowest BCUT2D eigenvalue weighted by Crippen LogP contribution is -2.04. The minimum Gasteiger partial charge on any atom is -0.305 e. The molecule has 0 bridgehead atoms. The summed E-state index contributed by atoms with van der Waals surface area (Å²) in [4.78, 5) is 4.59. The largest absolute Gasteiger partial charge is 0.305 e. The fourth-order valence-corrected chi connectivity index (χ4v) is 2.93. The molecular formula is C16H12ClN5S. The third-order valence-electron chi connectivity index (χ3n) is 3.57. The molecule has 0 saturated carbocycles. The van der Waals surface area contributed by atoms with E-state index in [9.17, 15) is 0 Å². The Morgan fingerprint density at radius 1 is 1.04 bits per heavy atom. The molecule has 0 saturated heterocycles. The molecule has 5 nitrogen and oxygen atoms in total. The monoisotopic (exact) mass is 341 g/mol. The Kier molecular flexibility index (Phi) is 3.55. The maximum absolute atomic E-state index is 6.02. The van der Waals surface area contributed by atoms with Crippen molar-refractivity contribution in [1.82, 2.24) is 24.1 Å². The van der Waals surface area contributed by atoms with E-state index in [-0.39, 0.29) is 5.25 Å². The Bertz CT molecular complexity index is 963. The van der Waals surface area contributed by atoms with E-state index in [4.69, 9.17) is 24.2 Å². The lowest BCUT2D eigenvalue weighted by atomic mass is 10.2. The molecule has 3 aromatic heterocycles. The number of halogens is 1. The molecule has 0 amide bonds. The summed E-state index contributed by atoms with van der Waals surface area (Å²) in [6, 6.07) is 13.6. The first-order valence-electron chi connectivity index (χ1n) is 7.00. The van der Waals surface area contributed by atoms with Crippen molar-refractivity contribution in [2.24, 2.45) is 0 Å². The van der Waals surface area contributed by atoms with Crippen molar-refractivity contribution >= 4 is 29.9 Å². The lowest BCUT2D eigenvalue weighted by molar-refractivity contribution is 0.880. The second-order valence-corrected chi connectivity index (χ2v) is 6.03. The van der Waals surface area contributed by atoms with E-state index in [2.05, 4.69) is 15.2 Å². The number of imidazole rings is 1. The van der Waals surface area contributed by atoms with E-state index in [1.165, 1.54) is 0 Å². The van der Waals surface area contributed by atoms with Gasteiger partial charge in [-0.15, -0.1) is 10.2 Å². The van der Waals surface area contributed by atoms with Crippen molar-refractivity contribution in [2.75, 3.05) is 0 Å². The predicted octanol–water partition coefficient (Wildman–Crippen LogP) is 3.59. The molecule has 0 aliphatic heterocycles. The molecule has 114 valence electrons. The molecule has 23 heavy (non-hydrogen) atoms. The smallest absolute Gasteiger partial charge is 0.156 e. The Morgan fingerprint density at radius 3 is 2.70 bits per heavy atom. The zero-order chi connectivity index (χ0) is 15.8. The van der Waals surface area contributed by atoms with Gasteiger partial charge in [0.15, 0.2) is 5.82 Å². The van der Waals surface area contributed by atoms with Gasteiger partial charge in [-0.05, 0) is 24.3 Å². The molecule has 1 aromatic carbocycles. The van der Waals surface area contributed by atoms with Crippen LogP contribution in [0.2, 0.25) is 5.02 Å². The molecule has 1 atom stereocenters. The fraction of sp³-hybridized carbons (Fsp3) is 0.0625. The highest BCUT2D eigenvalue weighted by atomic mass is 35.5. The second-order valence-electron chi connectivity index (χ2n) is 5.08. The van der Waals surface area contributed by atoms with Crippen LogP contribution in [0.3, 0.4) is 0 Å². The SMILES string of the molecule is SC(c1cn2cc(Cl)ccc2n1)c1nncn1-c1ccccc1. The van der Waals surface area contributed by atoms with E-state index in [0.29, 0.717) is 10.8 Å². The van der Waals surface area contributed by atoms with Crippen LogP contribution < -0.4 is 0 Å². The van der Waals surface area contributed by atoms with Crippen LogP contribution >= 0.6 is 24.2 Å². The van der Waals surface area contributed by atoms with Gasteiger partial charge >= 0.3 is 0 Å². The topological polar surface area (TPSA) is 48.0 Å². The molecular weight excluding hydrogens is 330 g/mol. The average Bonchev–Trinajstić information content (AvgIpc) is 3.21. The number of thiol groups is 1. The van der Waals surface area contributed by atoms with Gasteiger partial charge in [0.05, 0.1) is 10.7 Å². The molecule has 0 fully saturated rings. The first-order chi connectivity index (χ1) is 11.2. The van der Waals surface area contributed by atoms with Gasteiger partial charge in [0.1, 0.15) is 17.2 Å². The molecule has 0 aliphatic carbocycles. The summed E-state index contributed by atoms with van der Waals surface area (Å²) in [6.07, 6.45) is 5.40. The molecule has 3 heterocycles. The minimum atomic E-state index is -0.295. The molecule has 0 aliphatic rings. The van der Waals surface area contributed by atoms with E-state index in [1.54, 1.807) is 6.33 Å². The fourth-order valence-electron chi connectivity index (χ4n) is 2.47. The van der Waals surface area contributed by atoms with E-state index in [0.717, 1.165) is 17.0 Å². The lowest BCUT2D eigenvalue weighted by Gasteiger charge is -2.10. The summed E-state index contributed by atoms with van der Waals surface area (Å²) in [5.74, 6) is 0.717. The summed E-state index contributed by atoms with van der Waals surface area (Å²) in [5, 5.41) is 8.60. The third-order valence-corrected chi connectivity index (χ3v) is 4.29. The van der Waals surface area contributed by atoms with Gasteiger partial charge in [-0.2, -0.15) is 12.6 Å². The van der Waals surface area contributed by atoms with E-state index in [1.807, 2.05) is 63.8 Å². The maximum Gasteiger partial charge on any atom is 0.156 e. The van der Waals surface area contributed by atoms with Crippen LogP contribution in [0, 0.1) is 0 Å². The normalized spacial score (nSPS) is 12.6. The van der Waals surface area contributed by atoms with Crippen molar-refractivity contribution in [3.63, 3.8) is 0 Å². The highest BCUT2D eigenvalue weighted by Gasteiger charge is 2.20. The number of hydrogen-bond acceptors (Lipinski definition) is 4. The number of fused-ring (bicyclic) bond motifs is 1. The predicted molar refractivity (Wildman–Crippen MR) is 92.4 cm³/mol. The highest BCUT2D eigenvalue weighted by Crippen LogP contribution is 2.28. The molecule has 4 rings (SSSR count). The standard InChI is InChI=1S/C16H12ClN5S/c17-11-6-7-14-19-13(9-21(14)8-11)15(23)16-20-18-10-22(16)12-4-2-1-3-5-12/h1-10,15,23H. The second kappa shape index (κ2) is 5.72. The van der Waals surface area contributed by atoms with E-state index < -0.39 is 0 Å². The van der Waals surface area contributed by atoms with Crippen LogP contribution in [-0.2, 0) is 0 Å². The van der Waals surface area contributed by atoms with Crippen molar-refractivity contribution in [2.45, 2.75) is 5.25 Å². The zero-order valence-corrected chi connectivity index (χ0v) is 13.6. The molecule has 0 radical (unpaired) electrons. The highest BCUT2D eigenvalue weighted by molar-refractivity contribution is 7.80. The van der Waals surface area contributed by atoms with Crippen LogP contribution in [0.25, 0.3) is 11.3 Å². The summed E-state index contributed by atoms with van der Waals surface area (Å²) < 4.78 is 3.79. The summed E-state index contributed by atoms with van der Waals surface area (Å²) in [6.45, 7) is 0. The molecule has 7 heteroatoms. The molecule has 1 unspecified atom stereocenters. The maximum atomic E-state index is 6.02. The first kappa shape index (κ1) is 14.3. The van der Waals surface area contributed by atoms with Gasteiger partial charge in [-0.1, -0.05) is 29.8 Å². The van der Waals surface area contributed by atoms with Crippen LogP contribution in [-0.4, -0.2) is 24.1 Å². The number of rotatable bonds is 3. The Morgan fingerprint density at radius 2 is 1.87 bits per heavy atom. The van der Waals surface area contributed by atoms with Gasteiger partial charge < -0.3 is 4.40 Å². The van der Waals surface area contributed by atoms with Crippen molar-refractivity contribution in [1.29, 1.82) is 0 Å². The number of aromatic nitrogens is 5. The van der Waals surface area contributed by atoms with Crippen LogP contribution in [0.1, 0.15) is 16.8 Å².